The molecule has 0 aromatic heterocycles. The van der Waals surface area contributed by atoms with Gasteiger partial charge < -0.3 is 4.74 Å². The van der Waals surface area contributed by atoms with E-state index in [0.717, 1.165) is 16.7 Å². The lowest BCUT2D eigenvalue weighted by Crippen LogP contribution is -2.07. The van der Waals surface area contributed by atoms with Crippen molar-refractivity contribution in [3.05, 3.63) is 95.1 Å². The van der Waals surface area contributed by atoms with Crippen LogP contribution in [-0.4, -0.2) is 5.97 Å². The van der Waals surface area contributed by atoms with E-state index in [4.69, 9.17) is 4.74 Å². The first-order valence-electron chi connectivity index (χ1n) is 8.00. The van der Waals surface area contributed by atoms with E-state index < -0.39 is 5.97 Å². The normalized spacial score (nSPS) is 10.1. The van der Waals surface area contributed by atoms with Gasteiger partial charge in [0.25, 0.3) is 0 Å². The molecule has 0 saturated heterocycles. The minimum absolute atomic E-state index is 0.217. The lowest BCUT2D eigenvalue weighted by molar-refractivity contribution is 0.0473. The molecular weight excluding hydrogens is 310 g/mol. The number of aryl methyl sites for hydroxylation is 1. The molecule has 0 atom stereocenters. The number of carbonyl (C=O) groups excluding carboxylic acids is 1. The molecule has 25 heavy (non-hydrogen) atoms. The molecule has 0 heterocycles. The monoisotopic (exact) mass is 327 g/mol. The quantitative estimate of drug-likeness (QED) is 0.641. The first-order chi connectivity index (χ1) is 12.2. The van der Waals surface area contributed by atoms with Gasteiger partial charge in [0.1, 0.15) is 6.61 Å². The number of benzene rings is 3. The van der Waals surface area contributed by atoms with Gasteiger partial charge >= 0.3 is 5.97 Å². The average Bonchev–Trinajstić information content (AvgIpc) is 2.66. The van der Waals surface area contributed by atoms with Crippen LogP contribution < -0.4 is 0 Å². The summed E-state index contributed by atoms with van der Waals surface area (Å²) in [6, 6.07) is 24.5. The Morgan fingerprint density at radius 1 is 0.960 bits per heavy atom. The van der Waals surface area contributed by atoms with Crippen molar-refractivity contribution in [2.75, 3.05) is 0 Å². The maximum Gasteiger partial charge on any atom is 0.339 e. The van der Waals surface area contributed by atoms with Crippen LogP contribution in [0, 0.1) is 18.3 Å². The third-order valence-corrected chi connectivity index (χ3v) is 3.94. The summed E-state index contributed by atoms with van der Waals surface area (Å²) in [4.78, 5) is 12.6. The van der Waals surface area contributed by atoms with E-state index in [1.165, 1.54) is 0 Å². The Bertz CT molecular complexity index is 954. The SMILES string of the molecule is Cc1cccc(COC(=O)c2ccccc2-c2ccccc2C#N)c1. The maximum atomic E-state index is 12.6. The van der Waals surface area contributed by atoms with Gasteiger partial charge in [-0.2, -0.15) is 5.26 Å². The Hall–Kier alpha value is -3.38. The highest BCUT2D eigenvalue weighted by Crippen LogP contribution is 2.27. The average molecular weight is 327 g/mol. The van der Waals surface area contributed by atoms with Gasteiger partial charge in [-0.1, -0.05) is 66.2 Å². The minimum Gasteiger partial charge on any atom is -0.457 e. The Balaban J connectivity index is 1.88. The van der Waals surface area contributed by atoms with E-state index >= 15 is 0 Å². The highest BCUT2D eigenvalue weighted by Gasteiger charge is 2.16. The molecule has 0 aliphatic carbocycles. The Morgan fingerprint density at radius 2 is 1.68 bits per heavy atom. The van der Waals surface area contributed by atoms with E-state index in [2.05, 4.69) is 6.07 Å². The van der Waals surface area contributed by atoms with Crippen LogP contribution in [0.25, 0.3) is 11.1 Å². The second-order valence-corrected chi connectivity index (χ2v) is 5.77. The van der Waals surface area contributed by atoms with E-state index in [9.17, 15) is 10.1 Å². The predicted octanol–water partition coefficient (Wildman–Crippen LogP) is 4.89. The fraction of sp³-hybridized carbons (Fsp3) is 0.0909. The van der Waals surface area contributed by atoms with Gasteiger partial charge in [-0.05, 0) is 30.2 Å². The molecule has 3 rings (SSSR count). The van der Waals surface area contributed by atoms with Crippen LogP contribution in [0.1, 0.15) is 27.0 Å². The summed E-state index contributed by atoms with van der Waals surface area (Å²) in [6.45, 7) is 2.22. The molecule has 0 saturated carbocycles. The van der Waals surface area contributed by atoms with Gasteiger partial charge in [0.15, 0.2) is 0 Å². The first kappa shape index (κ1) is 16.5. The molecule has 0 unspecified atom stereocenters. The smallest absolute Gasteiger partial charge is 0.339 e. The number of hydrogen-bond donors (Lipinski definition) is 0. The van der Waals surface area contributed by atoms with Gasteiger partial charge in [-0.25, -0.2) is 4.79 Å². The summed E-state index contributed by atoms with van der Waals surface area (Å²) in [7, 11) is 0. The van der Waals surface area contributed by atoms with Gasteiger partial charge in [-0.3, -0.25) is 0 Å². The van der Waals surface area contributed by atoms with Crippen LogP contribution in [0.4, 0.5) is 0 Å². The van der Waals surface area contributed by atoms with Crippen LogP contribution >= 0.6 is 0 Å². The highest BCUT2D eigenvalue weighted by molar-refractivity contribution is 5.98. The van der Waals surface area contributed by atoms with Crippen molar-refractivity contribution in [3.8, 4) is 17.2 Å². The standard InChI is InChI=1S/C22H17NO2/c1-16-7-6-8-17(13-16)15-25-22(24)21-12-5-4-11-20(21)19-10-3-2-9-18(19)14-23/h2-13H,15H2,1H3. The molecular formula is C22H17NO2. The molecule has 0 aliphatic heterocycles. The number of nitriles is 1. The molecule has 3 nitrogen and oxygen atoms in total. The molecule has 0 amide bonds. The molecule has 0 N–H and O–H groups in total. The van der Waals surface area contributed by atoms with Gasteiger partial charge in [-0.15, -0.1) is 0 Å². The van der Waals surface area contributed by atoms with E-state index in [1.807, 2.05) is 55.5 Å². The van der Waals surface area contributed by atoms with Crippen molar-refractivity contribution in [2.24, 2.45) is 0 Å². The Labute approximate surface area is 147 Å². The molecule has 0 radical (unpaired) electrons. The van der Waals surface area contributed by atoms with Gasteiger partial charge in [0, 0.05) is 5.56 Å². The van der Waals surface area contributed by atoms with Crippen molar-refractivity contribution < 1.29 is 9.53 Å². The molecule has 0 bridgehead atoms. The second kappa shape index (κ2) is 7.46. The van der Waals surface area contributed by atoms with Crippen molar-refractivity contribution in [2.45, 2.75) is 13.5 Å². The zero-order valence-corrected chi connectivity index (χ0v) is 13.9. The second-order valence-electron chi connectivity index (χ2n) is 5.77. The van der Waals surface area contributed by atoms with Gasteiger partial charge in [0.05, 0.1) is 17.2 Å². The number of hydrogen-bond acceptors (Lipinski definition) is 3. The van der Waals surface area contributed by atoms with Crippen molar-refractivity contribution in [3.63, 3.8) is 0 Å². The van der Waals surface area contributed by atoms with Crippen LogP contribution in [0.3, 0.4) is 0 Å². The minimum atomic E-state index is -0.398. The maximum absolute atomic E-state index is 12.6. The summed E-state index contributed by atoms with van der Waals surface area (Å²) in [5.74, 6) is -0.398. The third-order valence-electron chi connectivity index (χ3n) is 3.94. The fourth-order valence-corrected chi connectivity index (χ4v) is 2.74. The summed E-state index contributed by atoms with van der Waals surface area (Å²) >= 11 is 0. The molecule has 3 heteroatoms. The zero-order valence-electron chi connectivity index (χ0n) is 13.9. The summed E-state index contributed by atoms with van der Waals surface area (Å²) < 4.78 is 5.48. The topological polar surface area (TPSA) is 50.1 Å². The Kier molecular flexibility index (Phi) is 4.92. The zero-order chi connectivity index (χ0) is 17.6. The number of rotatable bonds is 4. The third kappa shape index (κ3) is 3.76. The predicted molar refractivity (Wildman–Crippen MR) is 96.9 cm³/mol. The fourth-order valence-electron chi connectivity index (χ4n) is 2.74. The largest absolute Gasteiger partial charge is 0.457 e. The van der Waals surface area contributed by atoms with Crippen LogP contribution in [-0.2, 0) is 11.3 Å². The molecule has 3 aromatic carbocycles. The first-order valence-corrected chi connectivity index (χ1v) is 8.00. The molecule has 122 valence electrons. The Morgan fingerprint density at radius 3 is 2.44 bits per heavy atom. The number of esters is 1. The van der Waals surface area contributed by atoms with Crippen molar-refractivity contribution in [1.29, 1.82) is 5.26 Å². The molecule has 3 aromatic rings. The van der Waals surface area contributed by atoms with Crippen molar-refractivity contribution >= 4 is 5.97 Å². The number of ether oxygens (including phenoxy) is 1. The van der Waals surface area contributed by atoms with E-state index in [-0.39, 0.29) is 6.61 Å². The molecule has 0 aliphatic rings. The lowest BCUT2D eigenvalue weighted by atomic mass is 9.96. The lowest BCUT2D eigenvalue weighted by Gasteiger charge is -2.11. The van der Waals surface area contributed by atoms with Crippen LogP contribution in [0.5, 0.6) is 0 Å². The molecule has 0 spiro atoms. The summed E-state index contributed by atoms with van der Waals surface area (Å²) in [6.07, 6.45) is 0. The highest BCUT2D eigenvalue weighted by atomic mass is 16.5. The summed E-state index contributed by atoms with van der Waals surface area (Å²) in [5.41, 5.74) is 4.49. The van der Waals surface area contributed by atoms with Crippen molar-refractivity contribution in [1.82, 2.24) is 0 Å². The van der Waals surface area contributed by atoms with E-state index in [1.54, 1.807) is 24.3 Å². The van der Waals surface area contributed by atoms with Gasteiger partial charge in [0.2, 0.25) is 0 Å². The molecule has 0 fully saturated rings. The van der Waals surface area contributed by atoms with E-state index in [0.29, 0.717) is 16.7 Å². The van der Waals surface area contributed by atoms with Crippen LogP contribution in [0.15, 0.2) is 72.8 Å². The number of carbonyl (C=O) groups is 1. The summed E-state index contributed by atoms with van der Waals surface area (Å²) in [5, 5.41) is 9.32. The van der Waals surface area contributed by atoms with Crippen LogP contribution in [0.2, 0.25) is 0 Å². The number of nitrogens with zero attached hydrogens (tertiary/aromatic N) is 1.